The molecule has 1 N–H and O–H groups in total. The Bertz CT molecular complexity index is 1060. The molecular formula is C24H30FN3O4S. The third-order valence-electron chi connectivity index (χ3n) is 5.74. The molecule has 1 heterocycles. The second-order valence-electron chi connectivity index (χ2n) is 8.37. The average Bonchev–Trinajstić information content (AvgIpc) is 2.82. The van der Waals surface area contributed by atoms with Gasteiger partial charge in [0.1, 0.15) is 5.82 Å². The van der Waals surface area contributed by atoms with E-state index in [1.54, 1.807) is 17.0 Å². The highest BCUT2D eigenvalue weighted by Crippen LogP contribution is 2.21. The highest BCUT2D eigenvalue weighted by Gasteiger charge is 2.30. The molecule has 1 saturated heterocycles. The van der Waals surface area contributed by atoms with Crippen LogP contribution in [0.4, 0.5) is 4.39 Å². The number of nitrogens with zero attached hydrogens (tertiary/aromatic N) is 2. The van der Waals surface area contributed by atoms with Gasteiger partial charge < -0.3 is 10.2 Å². The van der Waals surface area contributed by atoms with Crippen molar-refractivity contribution >= 4 is 21.8 Å². The van der Waals surface area contributed by atoms with Crippen LogP contribution in [0.25, 0.3) is 0 Å². The Morgan fingerprint density at radius 2 is 1.58 bits per heavy atom. The largest absolute Gasteiger partial charge is 0.352 e. The number of carbonyl (C=O) groups is 2. The van der Waals surface area contributed by atoms with E-state index in [9.17, 15) is 22.4 Å². The Morgan fingerprint density at radius 1 is 0.970 bits per heavy atom. The lowest BCUT2D eigenvalue weighted by molar-refractivity contribution is -0.132. The summed E-state index contributed by atoms with van der Waals surface area (Å²) in [5.41, 5.74) is 1.44. The van der Waals surface area contributed by atoms with Gasteiger partial charge in [0, 0.05) is 44.7 Å². The summed E-state index contributed by atoms with van der Waals surface area (Å²) < 4.78 is 40.2. The Morgan fingerprint density at radius 3 is 2.15 bits per heavy atom. The minimum atomic E-state index is -3.59. The molecule has 0 aliphatic carbocycles. The maximum atomic E-state index is 12.9. The smallest absolute Gasteiger partial charge is 0.251 e. The summed E-state index contributed by atoms with van der Waals surface area (Å²) in [5, 5.41) is 2.71. The quantitative estimate of drug-likeness (QED) is 0.595. The zero-order valence-corrected chi connectivity index (χ0v) is 19.8. The van der Waals surface area contributed by atoms with Gasteiger partial charge in [0.2, 0.25) is 15.9 Å². The standard InChI is InChI=1S/C24H30FN3O4S/c1-18(2)19-7-11-22(12-8-19)33(31,32)28-16-14-27(15-17-28)23(29)4-3-13-26-24(30)20-5-9-21(25)10-6-20/h5-12,18H,3-4,13-17H2,1-2H3,(H,26,30). The van der Waals surface area contributed by atoms with Gasteiger partial charge in [-0.25, -0.2) is 12.8 Å². The van der Waals surface area contributed by atoms with Crippen molar-refractivity contribution in [2.24, 2.45) is 0 Å². The minimum absolute atomic E-state index is 0.0654. The number of amides is 2. The molecule has 0 radical (unpaired) electrons. The molecule has 0 bridgehead atoms. The molecule has 3 rings (SSSR count). The van der Waals surface area contributed by atoms with Crippen molar-refractivity contribution in [3.05, 3.63) is 65.5 Å². The van der Waals surface area contributed by atoms with E-state index in [1.807, 2.05) is 12.1 Å². The lowest BCUT2D eigenvalue weighted by atomic mass is 10.0. The second kappa shape index (κ2) is 10.9. The van der Waals surface area contributed by atoms with E-state index >= 15 is 0 Å². The molecule has 33 heavy (non-hydrogen) atoms. The summed E-state index contributed by atoms with van der Waals surface area (Å²) in [6.07, 6.45) is 0.722. The number of piperazine rings is 1. The van der Waals surface area contributed by atoms with Crippen molar-refractivity contribution in [2.75, 3.05) is 32.7 Å². The lowest BCUT2D eigenvalue weighted by Crippen LogP contribution is -2.50. The first-order valence-corrected chi connectivity index (χ1v) is 12.5. The van der Waals surface area contributed by atoms with E-state index in [0.29, 0.717) is 37.5 Å². The Hall–Kier alpha value is -2.78. The normalized spacial score (nSPS) is 15.0. The van der Waals surface area contributed by atoms with Gasteiger partial charge in [0.05, 0.1) is 4.90 Å². The van der Waals surface area contributed by atoms with Crippen LogP contribution in [-0.2, 0) is 14.8 Å². The van der Waals surface area contributed by atoms with Gasteiger partial charge in [-0.3, -0.25) is 9.59 Å². The maximum absolute atomic E-state index is 12.9. The fraction of sp³-hybridized carbons (Fsp3) is 0.417. The number of benzene rings is 2. The van der Waals surface area contributed by atoms with Crippen LogP contribution >= 0.6 is 0 Å². The van der Waals surface area contributed by atoms with E-state index in [4.69, 9.17) is 0 Å². The summed E-state index contributed by atoms with van der Waals surface area (Å²) in [4.78, 5) is 26.4. The first kappa shape index (κ1) is 24.9. The number of hydrogen-bond donors (Lipinski definition) is 1. The molecule has 1 aliphatic heterocycles. The number of nitrogens with one attached hydrogen (secondary N) is 1. The zero-order chi connectivity index (χ0) is 24.0. The van der Waals surface area contributed by atoms with E-state index < -0.39 is 15.8 Å². The number of carbonyl (C=O) groups excluding carboxylic acids is 2. The highest BCUT2D eigenvalue weighted by molar-refractivity contribution is 7.89. The molecule has 2 amide bonds. The first-order chi connectivity index (χ1) is 15.7. The van der Waals surface area contributed by atoms with Crippen molar-refractivity contribution < 1.29 is 22.4 Å². The van der Waals surface area contributed by atoms with Gasteiger partial charge in [-0.1, -0.05) is 26.0 Å². The van der Waals surface area contributed by atoms with Crippen LogP contribution in [-0.4, -0.2) is 62.2 Å². The Kier molecular flexibility index (Phi) is 8.20. The lowest BCUT2D eigenvalue weighted by Gasteiger charge is -2.34. The van der Waals surface area contributed by atoms with Gasteiger partial charge in [-0.05, 0) is 54.3 Å². The monoisotopic (exact) mass is 475 g/mol. The van der Waals surface area contributed by atoms with Crippen LogP contribution < -0.4 is 5.32 Å². The third kappa shape index (κ3) is 6.39. The van der Waals surface area contributed by atoms with E-state index in [1.165, 1.54) is 28.6 Å². The number of hydrogen-bond acceptors (Lipinski definition) is 4. The van der Waals surface area contributed by atoms with Gasteiger partial charge in [-0.15, -0.1) is 0 Å². The summed E-state index contributed by atoms with van der Waals surface area (Å²) in [6, 6.07) is 12.2. The summed E-state index contributed by atoms with van der Waals surface area (Å²) >= 11 is 0. The van der Waals surface area contributed by atoms with E-state index in [-0.39, 0.29) is 36.2 Å². The summed E-state index contributed by atoms with van der Waals surface area (Å²) in [5.74, 6) is -0.464. The van der Waals surface area contributed by atoms with Crippen LogP contribution in [0.2, 0.25) is 0 Å². The van der Waals surface area contributed by atoms with Gasteiger partial charge in [0.15, 0.2) is 0 Å². The number of rotatable bonds is 8. The molecule has 178 valence electrons. The van der Waals surface area contributed by atoms with Crippen molar-refractivity contribution in [2.45, 2.75) is 37.5 Å². The van der Waals surface area contributed by atoms with Gasteiger partial charge in [-0.2, -0.15) is 4.31 Å². The van der Waals surface area contributed by atoms with E-state index in [2.05, 4.69) is 19.2 Å². The minimum Gasteiger partial charge on any atom is -0.352 e. The van der Waals surface area contributed by atoms with Crippen LogP contribution in [0.15, 0.2) is 53.4 Å². The topological polar surface area (TPSA) is 86.8 Å². The first-order valence-electron chi connectivity index (χ1n) is 11.1. The molecule has 0 unspecified atom stereocenters. The van der Waals surface area contributed by atoms with Crippen LogP contribution in [0.3, 0.4) is 0 Å². The zero-order valence-electron chi connectivity index (χ0n) is 19.0. The molecule has 0 aromatic heterocycles. The maximum Gasteiger partial charge on any atom is 0.251 e. The number of halogens is 1. The van der Waals surface area contributed by atoms with Crippen molar-refractivity contribution in [3.63, 3.8) is 0 Å². The third-order valence-corrected chi connectivity index (χ3v) is 7.65. The molecule has 0 spiro atoms. The van der Waals surface area contributed by atoms with Crippen molar-refractivity contribution in [3.8, 4) is 0 Å². The highest BCUT2D eigenvalue weighted by atomic mass is 32.2. The predicted octanol–water partition coefficient (Wildman–Crippen LogP) is 2.99. The van der Waals surface area contributed by atoms with E-state index in [0.717, 1.165) is 5.56 Å². The molecule has 1 aliphatic rings. The molecule has 0 saturated carbocycles. The molecular weight excluding hydrogens is 445 g/mol. The molecule has 7 nitrogen and oxygen atoms in total. The van der Waals surface area contributed by atoms with Gasteiger partial charge in [0.25, 0.3) is 5.91 Å². The summed E-state index contributed by atoms with van der Waals surface area (Å²) in [7, 11) is -3.59. The number of sulfonamides is 1. The fourth-order valence-corrected chi connectivity index (χ4v) is 5.08. The van der Waals surface area contributed by atoms with Crippen molar-refractivity contribution in [1.29, 1.82) is 0 Å². The summed E-state index contributed by atoms with van der Waals surface area (Å²) in [6.45, 7) is 5.61. The SMILES string of the molecule is CC(C)c1ccc(S(=O)(=O)N2CCN(C(=O)CCCNC(=O)c3ccc(F)cc3)CC2)cc1. The fourth-order valence-electron chi connectivity index (χ4n) is 3.65. The van der Waals surface area contributed by atoms with Crippen molar-refractivity contribution in [1.82, 2.24) is 14.5 Å². The molecule has 2 aromatic rings. The molecule has 1 fully saturated rings. The average molecular weight is 476 g/mol. The Balaban J connectivity index is 1.43. The van der Waals surface area contributed by atoms with Gasteiger partial charge >= 0.3 is 0 Å². The molecule has 0 atom stereocenters. The van der Waals surface area contributed by atoms with Crippen LogP contribution in [0.1, 0.15) is 48.5 Å². The molecule has 2 aromatic carbocycles. The van der Waals surface area contributed by atoms with Crippen LogP contribution in [0, 0.1) is 5.82 Å². The predicted molar refractivity (Wildman–Crippen MR) is 124 cm³/mol. The second-order valence-corrected chi connectivity index (χ2v) is 10.3. The van der Waals surface area contributed by atoms with Crippen LogP contribution in [0.5, 0.6) is 0 Å². The molecule has 9 heteroatoms. The Labute approximate surface area is 194 Å².